The average molecular weight is 285 g/mol. The zero-order chi connectivity index (χ0) is 14.2. The molecule has 0 aromatic heterocycles. The van der Waals surface area contributed by atoms with E-state index in [1.807, 2.05) is 55.5 Å². The third-order valence-electron chi connectivity index (χ3n) is 3.02. The van der Waals surface area contributed by atoms with E-state index in [1.54, 1.807) is 11.8 Å². The molecule has 2 rings (SSSR count). The number of hydrogen-bond donors (Lipinski definition) is 1. The first kappa shape index (κ1) is 14.7. The topological polar surface area (TPSA) is 29.1 Å². The largest absolute Gasteiger partial charge is 0.350 e. The lowest BCUT2D eigenvalue weighted by Gasteiger charge is -2.14. The van der Waals surface area contributed by atoms with Gasteiger partial charge in [0.1, 0.15) is 0 Å². The maximum absolute atomic E-state index is 11.9. The van der Waals surface area contributed by atoms with Gasteiger partial charge in [-0.05, 0) is 24.6 Å². The fourth-order valence-corrected chi connectivity index (χ4v) is 2.79. The monoisotopic (exact) mass is 285 g/mol. The van der Waals surface area contributed by atoms with Crippen LogP contribution in [0.3, 0.4) is 0 Å². The zero-order valence-corrected chi connectivity index (χ0v) is 12.4. The fourth-order valence-electron chi connectivity index (χ4n) is 1.92. The minimum Gasteiger partial charge on any atom is -0.350 e. The summed E-state index contributed by atoms with van der Waals surface area (Å²) in [5.74, 6) is 0.905. The molecule has 0 heterocycles. The number of carbonyl (C=O) groups is 1. The summed E-state index contributed by atoms with van der Waals surface area (Å²) in [7, 11) is 0. The molecule has 0 aliphatic heterocycles. The fraction of sp³-hybridized carbons (Fsp3) is 0.235. The number of rotatable bonds is 6. The molecule has 104 valence electrons. The standard InChI is InChI=1S/C17H19NOS/c1-14(15-8-4-2-5-9-15)18-17(19)12-13-20-16-10-6-3-7-11-16/h2-11,14H,12-13H2,1H3,(H,18,19)/t14-/m1/s1. The maximum Gasteiger partial charge on any atom is 0.221 e. The molecule has 0 fully saturated rings. The molecular formula is C17H19NOS. The van der Waals surface area contributed by atoms with Crippen molar-refractivity contribution in [2.24, 2.45) is 0 Å². The smallest absolute Gasteiger partial charge is 0.221 e. The molecule has 0 saturated heterocycles. The molecule has 2 aromatic carbocycles. The van der Waals surface area contributed by atoms with Crippen LogP contribution >= 0.6 is 11.8 Å². The summed E-state index contributed by atoms with van der Waals surface area (Å²) in [6.45, 7) is 2.01. The summed E-state index contributed by atoms with van der Waals surface area (Å²) in [6, 6.07) is 20.2. The van der Waals surface area contributed by atoms with E-state index < -0.39 is 0 Å². The van der Waals surface area contributed by atoms with Crippen molar-refractivity contribution in [2.75, 3.05) is 5.75 Å². The molecule has 0 aliphatic rings. The summed E-state index contributed by atoms with van der Waals surface area (Å²) in [5, 5.41) is 3.03. The van der Waals surface area contributed by atoms with Gasteiger partial charge in [-0.1, -0.05) is 48.5 Å². The number of hydrogen-bond acceptors (Lipinski definition) is 2. The average Bonchev–Trinajstić information content (AvgIpc) is 2.49. The molecule has 0 aliphatic carbocycles. The molecule has 1 atom stereocenters. The number of nitrogens with one attached hydrogen (secondary N) is 1. The van der Waals surface area contributed by atoms with Crippen LogP contribution in [0.5, 0.6) is 0 Å². The van der Waals surface area contributed by atoms with Gasteiger partial charge in [0.2, 0.25) is 5.91 Å². The lowest BCUT2D eigenvalue weighted by Crippen LogP contribution is -2.26. The van der Waals surface area contributed by atoms with E-state index in [1.165, 1.54) is 4.90 Å². The molecule has 3 heteroatoms. The van der Waals surface area contributed by atoms with Crippen molar-refractivity contribution < 1.29 is 4.79 Å². The second kappa shape index (κ2) is 7.75. The van der Waals surface area contributed by atoms with Gasteiger partial charge in [0.15, 0.2) is 0 Å². The van der Waals surface area contributed by atoms with Crippen LogP contribution in [0.1, 0.15) is 24.9 Å². The van der Waals surface area contributed by atoms with E-state index in [0.29, 0.717) is 6.42 Å². The Morgan fingerprint density at radius 1 is 1.05 bits per heavy atom. The summed E-state index contributed by atoms with van der Waals surface area (Å²) in [5.41, 5.74) is 1.14. The SMILES string of the molecule is C[C@@H](NC(=O)CCSc1ccccc1)c1ccccc1. The van der Waals surface area contributed by atoms with Crippen LogP contribution in [0.4, 0.5) is 0 Å². The van der Waals surface area contributed by atoms with Crippen molar-refractivity contribution in [3.8, 4) is 0 Å². The quantitative estimate of drug-likeness (QED) is 0.811. The Balaban J connectivity index is 1.73. The second-order valence-corrected chi connectivity index (χ2v) is 5.78. The molecule has 1 N–H and O–H groups in total. The number of thioether (sulfide) groups is 1. The van der Waals surface area contributed by atoms with Gasteiger partial charge in [-0.3, -0.25) is 4.79 Å². The molecule has 1 amide bonds. The van der Waals surface area contributed by atoms with Gasteiger partial charge in [-0.2, -0.15) is 0 Å². The minimum atomic E-state index is 0.0606. The lowest BCUT2D eigenvalue weighted by atomic mass is 10.1. The van der Waals surface area contributed by atoms with Crippen molar-refractivity contribution in [3.63, 3.8) is 0 Å². The number of carbonyl (C=O) groups excluding carboxylic acids is 1. The number of amides is 1. The number of benzene rings is 2. The molecule has 0 spiro atoms. The molecule has 0 unspecified atom stereocenters. The Kier molecular flexibility index (Phi) is 5.69. The van der Waals surface area contributed by atoms with E-state index >= 15 is 0 Å². The van der Waals surface area contributed by atoms with Crippen LogP contribution in [0, 0.1) is 0 Å². The van der Waals surface area contributed by atoms with Gasteiger partial charge >= 0.3 is 0 Å². The normalized spacial score (nSPS) is 11.8. The predicted octanol–water partition coefficient (Wildman–Crippen LogP) is 4.05. The highest BCUT2D eigenvalue weighted by Gasteiger charge is 2.08. The van der Waals surface area contributed by atoms with Gasteiger partial charge < -0.3 is 5.32 Å². The van der Waals surface area contributed by atoms with E-state index in [-0.39, 0.29) is 11.9 Å². The predicted molar refractivity (Wildman–Crippen MR) is 84.8 cm³/mol. The van der Waals surface area contributed by atoms with Crippen LogP contribution in [0.15, 0.2) is 65.6 Å². The molecule has 20 heavy (non-hydrogen) atoms. The minimum absolute atomic E-state index is 0.0606. The Morgan fingerprint density at radius 2 is 1.65 bits per heavy atom. The summed E-state index contributed by atoms with van der Waals surface area (Å²) in [4.78, 5) is 13.1. The maximum atomic E-state index is 11.9. The highest BCUT2D eigenvalue weighted by molar-refractivity contribution is 7.99. The molecule has 2 aromatic rings. The first-order valence-corrected chi connectivity index (χ1v) is 7.76. The van der Waals surface area contributed by atoms with Gasteiger partial charge in [0.25, 0.3) is 0 Å². The van der Waals surface area contributed by atoms with E-state index in [9.17, 15) is 4.79 Å². The molecule has 0 bridgehead atoms. The first-order valence-electron chi connectivity index (χ1n) is 6.78. The van der Waals surface area contributed by atoms with Gasteiger partial charge in [-0.25, -0.2) is 0 Å². The van der Waals surface area contributed by atoms with Crippen molar-refractivity contribution in [1.82, 2.24) is 5.32 Å². The van der Waals surface area contributed by atoms with Crippen LogP contribution in [0.25, 0.3) is 0 Å². The Morgan fingerprint density at radius 3 is 2.30 bits per heavy atom. The zero-order valence-electron chi connectivity index (χ0n) is 11.6. The van der Waals surface area contributed by atoms with Gasteiger partial charge in [0, 0.05) is 17.1 Å². The van der Waals surface area contributed by atoms with E-state index in [2.05, 4.69) is 17.4 Å². The van der Waals surface area contributed by atoms with Gasteiger partial charge in [-0.15, -0.1) is 11.8 Å². The summed E-state index contributed by atoms with van der Waals surface area (Å²) >= 11 is 1.71. The van der Waals surface area contributed by atoms with Crippen LogP contribution < -0.4 is 5.32 Å². The Bertz CT molecular complexity index is 527. The Labute approximate surface area is 124 Å². The van der Waals surface area contributed by atoms with Crippen LogP contribution in [-0.4, -0.2) is 11.7 Å². The van der Waals surface area contributed by atoms with Gasteiger partial charge in [0.05, 0.1) is 6.04 Å². The van der Waals surface area contributed by atoms with Crippen molar-refractivity contribution >= 4 is 17.7 Å². The highest BCUT2D eigenvalue weighted by atomic mass is 32.2. The molecule has 2 nitrogen and oxygen atoms in total. The van der Waals surface area contributed by atoms with Crippen LogP contribution in [-0.2, 0) is 4.79 Å². The van der Waals surface area contributed by atoms with Crippen molar-refractivity contribution in [3.05, 3.63) is 66.2 Å². The summed E-state index contributed by atoms with van der Waals surface area (Å²) in [6.07, 6.45) is 0.538. The van der Waals surface area contributed by atoms with E-state index in [0.717, 1.165) is 11.3 Å². The third-order valence-corrected chi connectivity index (χ3v) is 4.03. The Hall–Kier alpha value is -1.74. The molecule has 0 saturated carbocycles. The second-order valence-electron chi connectivity index (χ2n) is 4.61. The lowest BCUT2D eigenvalue weighted by molar-refractivity contribution is -0.121. The summed E-state index contributed by atoms with van der Waals surface area (Å²) < 4.78 is 0. The van der Waals surface area contributed by atoms with Crippen LogP contribution in [0.2, 0.25) is 0 Å². The molecule has 0 radical (unpaired) electrons. The van der Waals surface area contributed by atoms with Crippen molar-refractivity contribution in [2.45, 2.75) is 24.3 Å². The highest BCUT2D eigenvalue weighted by Crippen LogP contribution is 2.18. The van der Waals surface area contributed by atoms with E-state index in [4.69, 9.17) is 0 Å². The first-order chi connectivity index (χ1) is 9.75. The van der Waals surface area contributed by atoms with Crippen molar-refractivity contribution in [1.29, 1.82) is 0 Å². The molecular weight excluding hydrogens is 266 g/mol. The third kappa shape index (κ3) is 4.74.